The zero-order chi connectivity index (χ0) is 15.1. The third-order valence-corrected chi connectivity index (χ3v) is 2.34. The summed E-state index contributed by atoms with van der Waals surface area (Å²) in [6.07, 6.45) is 5.29. The van der Waals surface area contributed by atoms with Crippen LogP contribution >= 0.6 is 0 Å². The number of methoxy groups -OCH3 is 1. The highest BCUT2D eigenvalue weighted by atomic mass is 16.5. The molecule has 0 fully saturated rings. The van der Waals surface area contributed by atoms with Crippen molar-refractivity contribution in [2.24, 2.45) is 0 Å². The lowest BCUT2D eigenvalue weighted by molar-refractivity contribution is 0.0931. The average Bonchev–Trinajstić information content (AvgIpc) is 2.97. The lowest BCUT2D eigenvalue weighted by Crippen LogP contribution is -2.27. The Kier molecular flexibility index (Phi) is 4.94. The van der Waals surface area contributed by atoms with E-state index in [1.807, 2.05) is 0 Å². The van der Waals surface area contributed by atoms with E-state index >= 15 is 0 Å². The Bertz CT molecular complexity index is 613. The number of rotatable bonds is 6. The van der Waals surface area contributed by atoms with E-state index in [1.54, 1.807) is 0 Å². The number of aromatic nitrogens is 3. The number of anilines is 1. The fourth-order valence-corrected chi connectivity index (χ4v) is 1.37. The van der Waals surface area contributed by atoms with Crippen molar-refractivity contribution in [2.45, 2.75) is 0 Å². The van der Waals surface area contributed by atoms with Gasteiger partial charge < -0.3 is 14.5 Å². The summed E-state index contributed by atoms with van der Waals surface area (Å²) in [6, 6.07) is -0.0949. The highest BCUT2D eigenvalue weighted by Crippen LogP contribution is 2.08. The summed E-state index contributed by atoms with van der Waals surface area (Å²) < 4.78 is 9.81. The number of nitrogens with zero attached hydrogens (tertiary/aromatic N) is 3. The van der Waals surface area contributed by atoms with Crippen LogP contribution in [0.4, 0.5) is 6.01 Å². The molecule has 2 aromatic rings. The van der Waals surface area contributed by atoms with Gasteiger partial charge in [-0.3, -0.25) is 19.9 Å². The minimum atomic E-state index is -0.531. The summed E-state index contributed by atoms with van der Waals surface area (Å²) in [5, 5.41) is 4.95. The predicted molar refractivity (Wildman–Crippen MR) is 70.7 cm³/mol. The monoisotopic (exact) mass is 291 g/mol. The Morgan fingerprint density at radius 3 is 2.86 bits per heavy atom. The standard InChI is InChI=1S/C12H13N5O4/c1-20-5-4-15-10(18)9-7-21-12(16-9)17-11(19)8-6-13-2-3-14-8/h2-3,6-7H,4-5H2,1H3,(H,15,18)(H,16,17,19). The van der Waals surface area contributed by atoms with Crippen molar-refractivity contribution in [2.75, 3.05) is 25.6 Å². The maximum Gasteiger partial charge on any atom is 0.302 e. The van der Waals surface area contributed by atoms with Crippen molar-refractivity contribution in [3.05, 3.63) is 36.2 Å². The highest BCUT2D eigenvalue weighted by molar-refractivity contribution is 6.01. The van der Waals surface area contributed by atoms with Gasteiger partial charge in [0.25, 0.3) is 11.8 Å². The van der Waals surface area contributed by atoms with Crippen molar-refractivity contribution >= 4 is 17.8 Å². The van der Waals surface area contributed by atoms with E-state index in [2.05, 4.69) is 25.6 Å². The number of hydrogen-bond donors (Lipinski definition) is 2. The molecule has 0 aliphatic heterocycles. The molecule has 2 heterocycles. The molecule has 0 unspecified atom stereocenters. The number of nitrogens with one attached hydrogen (secondary N) is 2. The first-order chi connectivity index (χ1) is 10.2. The molecule has 2 rings (SSSR count). The normalized spacial score (nSPS) is 10.1. The molecule has 110 valence electrons. The molecule has 0 atom stereocenters. The third kappa shape index (κ3) is 4.08. The van der Waals surface area contributed by atoms with Crippen LogP contribution in [0.15, 0.2) is 29.3 Å². The Balaban J connectivity index is 1.94. The summed E-state index contributed by atoms with van der Waals surface area (Å²) in [5.74, 6) is -0.952. The van der Waals surface area contributed by atoms with E-state index in [1.165, 1.54) is 25.7 Å². The Labute approximate surface area is 119 Å². The van der Waals surface area contributed by atoms with Crippen molar-refractivity contribution in [3.63, 3.8) is 0 Å². The van der Waals surface area contributed by atoms with Gasteiger partial charge in [0.2, 0.25) is 0 Å². The molecule has 9 nitrogen and oxygen atoms in total. The second-order valence-electron chi connectivity index (χ2n) is 3.83. The Hall–Kier alpha value is -2.81. The molecule has 0 saturated carbocycles. The van der Waals surface area contributed by atoms with Gasteiger partial charge in [0.15, 0.2) is 5.69 Å². The topological polar surface area (TPSA) is 119 Å². The fraction of sp³-hybridized carbons (Fsp3) is 0.250. The maximum atomic E-state index is 11.8. The van der Waals surface area contributed by atoms with Crippen LogP contribution in [0.3, 0.4) is 0 Å². The van der Waals surface area contributed by atoms with Gasteiger partial charge in [0, 0.05) is 26.0 Å². The smallest absolute Gasteiger partial charge is 0.302 e. The lowest BCUT2D eigenvalue weighted by atomic mass is 10.4. The first-order valence-electron chi connectivity index (χ1n) is 6.00. The van der Waals surface area contributed by atoms with E-state index in [0.717, 1.165) is 6.26 Å². The van der Waals surface area contributed by atoms with Gasteiger partial charge >= 0.3 is 6.01 Å². The molecule has 2 aromatic heterocycles. The molecule has 0 saturated heterocycles. The summed E-state index contributed by atoms with van der Waals surface area (Å²) in [4.78, 5) is 34.9. The molecule has 0 bridgehead atoms. The summed E-state index contributed by atoms with van der Waals surface area (Å²) in [7, 11) is 1.53. The van der Waals surface area contributed by atoms with Crippen LogP contribution in [0.5, 0.6) is 0 Å². The van der Waals surface area contributed by atoms with Crippen LogP contribution in [0.2, 0.25) is 0 Å². The number of carbonyl (C=O) groups is 2. The summed E-state index contributed by atoms with van der Waals surface area (Å²) >= 11 is 0. The number of oxazole rings is 1. The molecular weight excluding hydrogens is 278 g/mol. The van der Waals surface area contributed by atoms with Gasteiger partial charge in [0.05, 0.1) is 12.8 Å². The third-order valence-electron chi connectivity index (χ3n) is 2.34. The first kappa shape index (κ1) is 14.6. The van der Waals surface area contributed by atoms with Gasteiger partial charge in [-0.05, 0) is 0 Å². The zero-order valence-electron chi connectivity index (χ0n) is 11.2. The summed E-state index contributed by atoms with van der Waals surface area (Å²) in [5.41, 5.74) is 0.169. The van der Waals surface area contributed by atoms with Crippen LogP contribution in [0.1, 0.15) is 21.0 Å². The fourth-order valence-electron chi connectivity index (χ4n) is 1.37. The largest absolute Gasteiger partial charge is 0.431 e. The SMILES string of the molecule is COCCNC(=O)c1coc(NC(=O)c2cnccn2)n1. The van der Waals surface area contributed by atoms with E-state index < -0.39 is 11.8 Å². The van der Waals surface area contributed by atoms with Crippen LogP contribution in [-0.2, 0) is 4.74 Å². The lowest BCUT2D eigenvalue weighted by Gasteiger charge is -2.00. The minimum absolute atomic E-state index is 0.0561. The maximum absolute atomic E-state index is 11.8. The zero-order valence-corrected chi connectivity index (χ0v) is 11.2. The molecule has 2 N–H and O–H groups in total. The molecule has 0 aliphatic rings. The molecule has 21 heavy (non-hydrogen) atoms. The number of ether oxygens (including phenoxy) is 1. The highest BCUT2D eigenvalue weighted by Gasteiger charge is 2.15. The second kappa shape index (κ2) is 7.10. The van der Waals surface area contributed by atoms with Crippen LogP contribution in [-0.4, -0.2) is 47.0 Å². The van der Waals surface area contributed by atoms with Crippen molar-refractivity contribution in [3.8, 4) is 0 Å². The van der Waals surface area contributed by atoms with Crippen LogP contribution in [0.25, 0.3) is 0 Å². The van der Waals surface area contributed by atoms with Crippen molar-refractivity contribution < 1.29 is 18.7 Å². The molecule has 2 amide bonds. The quantitative estimate of drug-likeness (QED) is 0.724. The van der Waals surface area contributed by atoms with Gasteiger partial charge in [-0.15, -0.1) is 0 Å². The second-order valence-corrected chi connectivity index (χ2v) is 3.83. The molecule has 0 aliphatic carbocycles. The molecule has 9 heteroatoms. The van der Waals surface area contributed by atoms with Crippen LogP contribution < -0.4 is 10.6 Å². The van der Waals surface area contributed by atoms with E-state index in [-0.39, 0.29) is 17.4 Å². The van der Waals surface area contributed by atoms with E-state index in [0.29, 0.717) is 13.2 Å². The number of amides is 2. The molecule has 0 spiro atoms. The van der Waals surface area contributed by atoms with Crippen molar-refractivity contribution in [1.29, 1.82) is 0 Å². The molecule has 0 radical (unpaired) electrons. The Morgan fingerprint density at radius 2 is 2.14 bits per heavy atom. The Morgan fingerprint density at radius 1 is 1.29 bits per heavy atom. The van der Waals surface area contributed by atoms with E-state index in [4.69, 9.17) is 9.15 Å². The molecular formula is C12H13N5O4. The van der Waals surface area contributed by atoms with Gasteiger partial charge in [-0.25, -0.2) is 4.98 Å². The van der Waals surface area contributed by atoms with Gasteiger partial charge in [-0.2, -0.15) is 4.98 Å². The first-order valence-corrected chi connectivity index (χ1v) is 6.00. The van der Waals surface area contributed by atoms with Gasteiger partial charge in [-0.1, -0.05) is 0 Å². The number of carbonyl (C=O) groups excluding carboxylic acids is 2. The predicted octanol–water partition coefficient (Wildman–Crippen LogP) is 0.0931. The molecule has 0 aromatic carbocycles. The van der Waals surface area contributed by atoms with Crippen molar-refractivity contribution in [1.82, 2.24) is 20.3 Å². The summed E-state index contributed by atoms with van der Waals surface area (Å²) in [6.45, 7) is 0.739. The minimum Gasteiger partial charge on any atom is -0.431 e. The number of hydrogen-bond acceptors (Lipinski definition) is 7. The van der Waals surface area contributed by atoms with Gasteiger partial charge in [0.1, 0.15) is 12.0 Å². The van der Waals surface area contributed by atoms with Crippen LogP contribution in [0, 0.1) is 0 Å². The average molecular weight is 291 g/mol. The van der Waals surface area contributed by atoms with E-state index in [9.17, 15) is 9.59 Å².